The molecule has 106 valence electrons. The van der Waals surface area contributed by atoms with Gasteiger partial charge in [0.25, 0.3) is 0 Å². The summed E-state index contributed by atoms with van der Waals surface area (Å²) in [5, 5.41) is 4.06. The van der Waals surface area contributed by atoms with Crippen LogP contribution >= 0.6 is 27.5 Å². The first kappa shape index (κ1) is 15.4. The topological polar surface area (TPSA) is 21.3 Å². The quantitative estimate of drug-likeness (QED) is 0.846. The molecule has 0 aliphatic carbocycles. The second-order valence-corrected chi connectivity index (χ2v) is 5.79. The van der Waals surface area contributed by atoms with Crippen LogP contribution in [-0.2, 0) is 6.42 Å². The molecule has 0 fully saturated rings. The van der Waals surface area contributed by atoms with E-state index in [-0.39, 0.29) is 6.04 Å². The van der Waals surface area contributed by atoms with Gasteiger partial charge in [0.15, 0.2) is 0 Å². The van der Waals surface area contributed by atoms with Crippen molar-refractivity contribution in [2.45, 2.75) is 12.5 Å². The van der Waals surface area contributed by atoms with Crippen molar-refractivity contribution in [3.05, 3.63) is 63.1 Å². The summed E-state index contributed by atoms with van der Waals surface area (Å²) in [6.07, 6.45) is 0.846. The lowest BCUT2D eigenvalue weighted by Gasteiger charge is -2.19. The lowest BCUT2D eigenvalue weighted by atomic mass is 9.98. The van der Waals surface area contributed by atoms with Crippen molar-refractivity contribution in [2.75, 3.05) is 14.2 Å². The van der Waals surface area contributed by atoms with E-state index in [2.05, 4.69) is 33.4 Å². The van der Waals surface area contributed by atoms with Crippen LogP contribution in [0.2, 0.25) is 5.02 Å². The molecule has 1 N–H and O–H groups in total. The van der Waals surface area contributed by atoms with Gasteiger partial charge in [0.1, 0.15) is 5.75 Å². The molecule has 2 nitrogen and oxygen atoms in total. The summed E-state index contributed by atoms with van der Waals surface area (Å²) in [6, 6.07) is 14.3. The van der Waals surface area contributed by atoms with Crippen LogP contribution < -0.4 is 10.1 Å². The van der Waals surface area contributed by atoms with Gasteiger partial charge >= 0.3 is 0 Å². The number of hydrogen-bond donors (Lipinski definition) is 1. The van der Waals surface area contributed by atoms with Crippen molar-refractivity contribution in [1.29, 1.82) is 0 Å². The number of rotatable bonds is 5. The third-order valence-corrected chi connectivity index (χ3v) is 4.54. The van der Waals surface area contributed by atoms with E-state index in [1.54, 1.807) is 7.11 Å². The zero-order chi connectivity index (χ0) is 14.5. The van der Waals surface area contributed by atoms with E-state index >= 15 is 0 Å². The van der Waals surface area contributed by atoms with Gasteiger partial charge in [-0.3, -0.25) is 0 Å². The molecule has 0 aromatic heterocycles. The Hall–Kier alpha value is -1.03. The molecule has 1 atom stereocenters. The lowest BCUT2D eigenvalue weighted by molar-refractivity contribution is 0.406. The fraction of sp³-hybridized carbons (Fsp3) is 0.250. The molecule has 0 amide bonds. The Morgan fingerprint density at radius 1 is 1.25 bits per heavy atom. The van der Waals surface area contributed by atoms with Gasteiger partial charge in [0.05, 0.1) is 12.1 Å². The highest BCUT2D eigenvalue weighted by Gasteiger charge is 2.14. The third-order valence-electron chi connectivity index (χ3n) is 3.31. The average Bonchev–Trinajstić information content (AvgIpc) is 2.48. The van der Waals surface area contributed by atoms with Gasteiger partial charge in [-0.15, -0.1) is 0 Å². The van der Waals surface area contributed by atoms with Crippen molar-refractivity contribution in [1.82, 2.24) is 5.32 Å². The van der Waals surface area contributed by atoms with Gasteiger partial charge in [0, 0.05) is 10.5 Å². The van der Waals surface area contributed by atoms with Crippen molar-refractivity contribution >= 4 is 27.5 Å². The first-order chi connectivity index (χ1) is 9.65. The zero-order valence-electron chi connectivity index (χ0n) is 11.5. The second-order valence-electron chi connectivity index (χ2n) is 4.53. The first-order valence-corrected chi connectivity index (χ1v) is 7.57. The summed E-state index contributed by atoms with van der Waals surface area (Å²) in [4.78, 5) is 0. The molecular weight excluding hydrogens is 338 g/mol. The predicted octanol–water partition coefficient (Wildman–Crippen LogP) is 4.61. The molecule has 0 aliphatic heterocycles. The molecule has 20 heavy (non-hydrogen) atoms. The largest absolute Gasteiger partial charge is 0.496 e. The number of ether oxygens (including phenoxy) is 1. The molecule has 2 aromatic rings. The van der Waals surface area contributed by atoms with Crippen LogP contribution in [0, 0.1) is 0 Å². The van der Waals surface area contributed by atoms with Crippen molar-refractivity contribution in [3.63, 3.8) is 0 Å². The minimum atomic E-state index is 0.192. The highest BCUT2D eigenvalue weighted by Crippen LogP contribution is 2.29. The van der Waals surface area contributed by atoms with Gasteiger partial charge in [-0.2, -0.15) is 0 Å². The number of para-hydroxylation sites is 1. The Bertz CT molecular complexity index is 588. The summed E-state index contributed by atoms with van der Waals surface area (Å²) < 4.78 is 6.32. The Balaban J connectivity index is 2.26. The second kappa shape index (κ2) is 7.11. The standard InChI is InChI=1S/C16H17BrClNO/c1-19-15(11-7-8-13(17)14(18)9-11)10-12-5-3-4-6-16(12)20-2/h3-9,15,19H,10H2,1-2H3. The maximum Gasteiger partial charge on any atom is 0.122 e. The summed E-state index contributed by atoms with van der Waals surface area (Å²) in [7, 11) is 3.65. The van der Waals surface area contributed by atoms with Crippen LogP contribution in [0.15, 0.2) is 46.9 Å². The van der Waals surface area contributed by atoms with E-state index in [1.165, 1.54) is 5.56 Å². The number of halogens is 2. The minimum Gasteiger partial charge on any atom is -0.496 e. The van der Waals surface area contributed by atoms with Crippen LogP contribution in [0.25, 0.3) is 0 Å². The third kappa shape index (κ3) is 3.54. The van der Waals surface area contributed by atoms with Gasteiger partial charge in [0.2, 0.25) is 0 Å². The lowest BCUT2D eigenvalue weighted by Crippen LogP contribution is -2.19. The fourth-order valence-electron chi connectivity index (χ4n) is 2.21. The van der Waals surface area contributed by atoms with E-state index in [0.717, 1.165) is 27.2 Å². The van der Waals surface area contributed by atoms with Crippen molar-refractivity contribution in [2.24, 2.45) is 0 Å². The molecule has 0 saturated heterocycles. The molecule has 0 spiro atoms. The summed E-state index contributed by atoms with van der Waals surface area (Å²) in [5.74, 6) is 0.913. The molecule has 0 radical (unpaired) electrons. The molecule has 0 aliphatic rings. The highest BCUT2D eigenvalue weighted by molar-refractivity contribution is 9.10. The first-order valence-electron chi connectivity index (χ1n) is 6.39. The molecule has 1 unspecified atom stereocenters. The fourth-order valence-corrected chi connectivity index (χ4v) is 2.64. The Labute approximate surface area is 133 Å². The molecular formula is C16H17BrClNO. The molecule has 4 heteroatoms. The van der Waals surface area contributed by atoms with Crippen LogP contribution in [0.4, 0.5) is 0 Å². The van der Waals surface area contributed by atoms with E-state index in [0.29, 0.717) is 0 Å². The van der Waals surface area contributed by atoms with Crippen LogP contribution in [0.5, 0.6) is 5.75 Å². The Morgan fingerprint density at radius 3 is 2.65 bits per heavy atom. The zero-order valence-corrected chi connectivity index (χ0v) is 13.8. The van der Waals surface area contributed by atoms with E-state index in [9.17, 15) is 0 Å². The molecule has 2 aromatic carbocycles. The van der Waals surface area contributed by atoms with E-state index in [4.69, 9.17) is 16.3 Å². The van der Waals surface area contributed by atoms with E-state index < -0.39 is 0 Å². The molecule has 0 saturated carbocycles. The van der Waals surface area contributed by atoms with Crippen molar-refractivity contribution in [3.8, 4) is 5.75 Å². The number of benzene rings is 2. The Morgan fingerprint density at radius 2 is 2.00 bits per heavy atom. The smallest absolute Gasteiger partial charge is 0.122 e. The average molecular weight is 355 g/mol. The molecule has 2 rings (SSSR count). The molecule has 0 heterocycles. The highest BCUT2D eigenvalue weighted by atomic mass is 79.9. The number of methoxy groups -OCH3 is 1. The summed E-state index contributed by atoms with van der Waals surface area (Å²) in [5.41, 5.74) is 2.33. The normalized spacial score (nSPS) is 12.2. The maximum atomic E-state index is 6.18. The van der Waals surface area contributed by atoms with Gasteiger partial charge < -0.3 is 10.1 Å². The van der Waals surface area contributed by atoms with Crippen molar-refractivity contribution < 1.29 is 4.74 Å². The maximum absolute atomic E-state index is 6.18. The van der Waals surface area contributed by atoms with Crippen LogP contribution in [0.1, 0.15) is 17.2 Å². The monoisotopic (exact) mass is 353 g/mol. The number of nitrogens with one attached hydrogen (secondary N) is 1. The summed E-state index contributed by atoms with van der Waals surface area (Å²) >= 11 is 9.59. The van der Waals surface area contributed by atoms with Crippen LogP contribution in [-0.4, -0.2) is 14.2 Å². The van der Waals surface area contributed by atoms with Gasteiger partial charge in [-0.1, -0.05) is 35.9 Å². The van der Waals surface area contributed by atoms with Crippen LogP contribution in [0.3, 0.4) is 0 Å². The predicted molar refractivity (Wildman–Crippen MR) is 87.7 cm³/mol. The van der Waals surface area contributed by atoms with Gasteiger partial charge in [-0.25, -0.2) is 0 Å². The number of likely N-dealkylation sites (N-methyl/N-ethyl adjacent to an activating group) is 1. The van der Waals surface area contributed by atoms with Gasteiger partial charge in [-0.05, 0) is 58.7 Å². The molecule has 0 bridgehead atoms. The Kier molecular flexibility index (Phi) is 5.46. The van der Waals surface area contributed by atoms with E-state index in [1.807, 2.05) is 37.4 Å². The minimum absolute atomic E-state index is 0.192. The number of hydrogen-bond acceptors (Lipinski definition) is 2. The SMILES string of the molecule is CNC(Cc1ccccc1OC)c1ccc(Br)c(Cl)c1. The summed E-state index contributed by atoms with van der Waals surface area (Å²) in [6.45, 7) is 0.